The summed E-state index contributed by atoms with van der Waals surface area (Å²) >= 11 is 5.95. The number of aryl methyl sites for hydroxylation is 1. The number of hydrogen-bond acceptors (Lipinski definition) is 3. The summed E-state index contributed by atoms with van der Waals surface area (Å²) in [5, 5.41) is 3.12. The Morgan fingerprint density at radius 2 is 2.24 bits per heavy atom. The van der Waals surface area contributed by atoms with Crippen molar-refractivity contribution in [3.8, 4) is 5.75 Å². The topological polar surface area (TPSA) is 47.6 Å². The molecule has 0 atom stereocenters. The lowest BCUT2D eigenvalue weighted by molar-refractivity contribution is 0.150. The van der Waals surface area contributed by atoms with E-state index in [1.165, 1.54) is 0 Å². The number of benzene rings is 1. The van der Waals surface area contributed by atoms with Crippen molar-refractivity contribution >= 4 is 17.7 Å². The van der Waals surface area contributed by atoms with Gasteiger partial charge in [-0.05, 0) is 31.5 Å². The smallest absolute Gasteiger partial charge is 0.407 e. The highest BCUT2D eigenvalue weighted by atomic mass is 35.5. The van der Waals surface area contributed by atoms with E-state index in [1.807, 2.05) is 19.1 Å². The van der Waals surface area contributed by atoms with Crippen LogP contribution in [0.5, 0.6) is 5.75 Å². The first-order chi connectivity index (χ1) is 8.13. The first-order valence-corrected chi connectivity index (χ1v) is 5.81. The van der Waals surface area contributed by atoms with Crippen molar-refractivity contribution in [2.24, 2.45) is 0 Å². The molecule has 1 rings (SSSR count). The molecule has 0 spiro atoms. The fourth-order valence-corrected chi connectivity index (χ4v) is 1.39. The summed E-state index contributed by atoms with van der Waals surface area (Å²) in [6, 6.07) is 5.55. The molecule has 1 aromatic rings. The van der Waals surface area contributed by atoms with Crippen LogP contribution in [0.3, 0.4) is 0 Å². The van der Waals surface area contributed by atoms with Gasteiger partial charge in [-0.1, -0.05) is 17.7 Å². The highest BCUT2D eigenvalue weighted by Crippen LogP contribution is 2.24. The first-order valence-electron chi connectivity index (χ1n) is 5.43. The Hall–Kier alpha value is -1.42. The zero-order valence-corrected chi connectivity index (χ0v) is 10.7. The lowest BCUT2D eigenvalue weighted by atomic mass is 10.2. The van der Waals surface area contributed by atoms with Crippen molar-refractivity contribution in [1.82, 2.24) is 5.32 Å². The van der Waals surface area contributed by atoms with Crippen LogP contribution in [0.25, 0.3) is 0 Å². The highest BCUT2D eigenvalue weighted by Gasteiger charge is 2.02. The molecule has 0 radical (unpaired) electrons. The molecule has 4 nitrogen and oxygen atoms in total. The summed E-state index contributed by atoms with van der Waals surface area (Å²) < 4.78 is 10.1. The zero-order chi connectivity index (χ0) is 12.7. The van der Waals surface area contributed by atoms with Crippen molar-refractivity contribution in [3.05, 3.63) is 28.8 Å². The molecule has 1 aromatic carbocycles. The molecule has 0 heterocycles. The van der Waals surface area contributed by atoms with E-state index in [1.54, 1.807) is 13.0 Å². The van der Waals surface area contributed by atoms with Gasteiger partial charge in [0.25, 0.3) is 0 Å². The minimum absolute atomic E-state index is 0.349. The number of halogens is 1. The molecule has 94 valence electrons. The summed E-state index contributed by atoms with van der Waals surface area (Å²) in [6.07, 6.45) is -0.438. The Bertz CT molecular complexity index is 382. The van der Waals surface area contributed by atoms with Crippen LogP contribution in [0.2, 0.25) is 5.02 Å². The van der Waals surface area contributed by atoms with Crippen LogP contribution in [-0.4, -0.2) is 25.9 Å². The number of amides is 1. The molecule has 17 heavy (non-hydrogen) atoms. The van der Waals surface area contributed by atoms with Crippen LogP contribution in [0.15, 0.2) is 18.2 Å². The maximum Gasteiger partial charge on any atom is 0.407 e. The molecule has 0 bridgehead atoms. The van der Waals surface area contributed by atoms with Crippen LogP contribution in [-0.2, 0) is 4.74 Å². The quantitative estimate of drug-likeness (QED) is 0.825. The van der Waals surface area contributed by atoms with Crippen LogP contribution >= 0.6 is 11.6 Å². The standard InChI is InChI=1S/C12H16ClNO3/c1-3-16-12(15)14-6-7-17-11-8-9(2)4-5-10(11)13/h4-5,8H,3,6-7H2,1-2H3,(H,14,15). The van der Waals surface area contributed by atoms with E-state index in [0.717, 1.165) is 5.56 Å². The normalized spacial score (nSPS) is 9.82. The molecule has 0 saturated heterocycles. The Labute approximate surface area is 106 Å². The molecule has 1 amide bonds. The number of hydrogen-bond donors (Lipinski definition) is 1. The van der Waals surface area contributed by atoms with Gasteiger partial charge in [-0.25, -0.2) is 4.79 Å². The van der Waals surface area contributed by atoms with Crippen LogP contribution in [0.1, 0.15) is 12.5 Å². The Kier molecular flexibility index (Phi) is 5.63. The molecular formula is C12H16ClNO3. The van der Waals surface area contributed by atoms with E-state index in [9.17, 15) is 4.79 Å². The maximum absolute atomic E-state index is 11.0. The second-order valence-corrected chi connectivity index (χ2v) is 3.84. The number of carbonyl (C=O) groups is 1. The van der Waals surface area contributed by atoms with Crippen molar-refractivity contribution in [2.45, 2.75) is 13.8 Å². The van der Waals surface area contributed by atoms with E-state index in [0.29, 0.717) is 30.5 Å². The van der Waals surface area contributed by atoms with E-state index < -0.39 is 6.09 Å². The van der Waals surface area contributed by atoms with Crippen LogP contribution in [0.4, 0.5) is 4.79 Å². The maximum atomic E-state index is 11.0. The lowest BCUT2D eigenvalue weighted by Gasteiger charge is -2.09. The molecule has 0 fully saturated rings. The molecular weight excluding hydrogens is 242 g/mol. The molecule has 0 unspecified atom stereocenters. The average molecular weight is 258 g/mol. The monoisotopic (exact) mass is 257 g/mol. The van der Waals surface area contributed by atoms with Gasteiger partial charge in [-0.3, -0.25) is 0 Å². The fourth-order valence-electron chi connectivity index (χ4n) is 1.22. The minimum atomic E-state index is -0.438. The SMILES string of the molecule is CCOC(=O)NCCOc1cc(C)ccc1Cl. The third-order valence-electron chi connectivity index (χ3n) is 1.99. The summed E-state index contributed by atoms with van der Waals surface area (Å²) in [4.78, 5) is 11.0. The predicted octanol–water partition coefficient (Wildman–Crippen LogP) is 2.77. The number of ether oxygens (including phenoxy) is 2. The Morgan fingerprint density at radius 3 is 2.94 bits per heavy atom. The van der Waals surface area contributed by atoms with Crippen LogP contribution < -0.4 is 10.1 Å². The summed E-state index contributed by atoms with van der Waals surface area (Å²) in [6.45, 7) is 4.80. The molecule has 0 aliphatic rings. The molecule has 1 N–H and O–H groups in total. The Balaban J connectivity index is 2.31. The van der Waals surface area contributed by atoms with Crippen molar-refractivity contribution in [3.63, 3.8) is 0 Å². The van der Waals surface area contributed by atoms with Gasteiger partial charge in [-0.2, -0.15) is 0 Å². The average Bonchev–Trinajstić information content (AvgIpc) is 2.29. The van der Waals surface area contributed by atoms with E-state index in [4.69, 9.17) is 21.1 Å². The van der Waals surface area contributed by atoms with Gasteiger partial charge in [0.2, 0.25) is 0 Å². The highest BCUT2D eigenvalue weighted by molar-refractivity contribution is 6.32. The largest absolute Gasteiger partial charge is 0.490 e. The van der Waals surface area contributed by atoms with Gasteiger partial charge >= 0.3 is 6.09 Å². The summed E-state index contributed by atoms with van der Waals surface area (Å²) in [5.41, 5.74) is 1.07. The van der Waals surface area contributed by atoms with Crippen molar-refractivity contribution in [2.75, 3.05) is 19.8 Å². The van der Waals surface area contributed by atoms with Gasteiger partial charge in [0.05, 0.1) is 18.2 Å². The summed E-state index contributed by atoms with van der Waals surface area (Å²) in [7, 11) is 0. The Morgan fingerprint density at radius 1 is 1.47 bits per heavy atom. The molecule has 0 aliphatic heterocycles. The van der Waals surface area contributed by atoms with Gasteiger partial charge in [-0.15, -0.1) is 0 Å². The second-order valence-electron chi connectivity index (χ2n) is 3.43. The molecule has 0 aromatic heterocycles. The van der Waals surface area contributed by atoms with Gasteiger partial charge in [0, 0.05) is 0 Å². The fraction of sp³-hybridized carbons (Fsp3) is 0.417. The third-order valence-corrected chi connectivity index (χ3v) is 2.30. The van der Waals surface area contributed by atoms with E-state index >= 15 is 0 Å². The van der Waals surface area contributed by atoms with E-state index in [-0.39, 0.29) is 0 Å². The van der Waals surface area contributed by atoms with E-state index in [2.05, 4.69) is 5.32 Å². The van der Waals surface area contributed by atoms with Crippen LogP contribution in [0, 0.1) is 6.92 Å². The number of carbonyl (C=O) groups excluding carboxylic acids is 1. The first kappa shape index (κ1) is 13.6. The summed E-state index contributed by atoms with van der Waals surface area (Å²) in [5.74, 6) is 0.623. The molecule has 0 aliphatic carbocycles. The lowest BCUT2D eigenvalue weighted by Crippen LogP contribution is -2.28. The predicted molar refractivity (Wildman–Crippen MR) is 66.7 cm³/mol. The number of alkyl carbamates (subject to hydrolysis) is 1. The third kappa shape index (κ3) is 4.95. The van der Waals surface area contributed by atoms with Gasteiger partial charge in [0.1, 0.15) is 12.4 Å². The second kappa shape index (κ2) is 7.01. The van der Waals surface area contributed by atoms with Gasteiger partial charge in [0.15, 0.2) is 0 Å². The van der Waals surface area contributed by atoms with Crippen molar-refractivity contribution in [1.29, 1.82) is 0 Å². The van der Waals surface area contributed by atoms with Gasteiger partial charge < -0.3 is 14.8 Å². The minimum Gasteiger partial charge on any atom is -0.490 e. The number of nitrogens with one attached hydrogen (secondary N) is 1. The molecule has 5 heteroatoms. The van der Waals surface area contributed by atoms with Crippen molar-refractivity contribution < 1.29 is 14.3 Å². The molecule has 0 saturated carbocycles. The zero-order valence-electron chi connectivity index (χ0n) is 9.96. The number of rotatable bonds is 5.